The molecule has 0 radical (unpaired) electrons. The Morgan fingerprint density at radius 3 is 1.82 bits per heavy atom. The summed E-state index contributed by atoms with van der Waals surface area (Å²) in [6, 6.07) is 17.4. The number of carbonyl (C=O) groups is 2. The van der Waals surface area contributed by atoms with Gasteiger partial charge in [-0.3, -0.25) is 4.79 Å². The summed E-state index contributed by atoms with van der Waals surface area (Å²) < 4.78 is 0. The molecular formula is C20H26N2O6. The lowest BCUT2D eigenvalue weighted by molar-refractivity contribution is -0.147. The van der Waals surface area contributed by atoms with Crippen LogP contribution in [0.25, 0.3) is 0 Å². The molecule has 8 heteroatoms. The highest BCUT2D eigenvalue weighted by molar-refractivity contribution is 5.82. The van der Waals surface area contributed by atoms with Crippen LogP contribution >= 0.6 is 0 Å². The van der Waals surface area contributed by atoms with E-state index in [0.29, 0.717) is 11.3 Å². The summed E-state index contributed by atoms with van der Waals surface area (Å²) in [6.07, 6.45) is -1.21. The molecule has 2 rings (SSSR count). The molecule has 0 aliphatic rings. The predicted octanol–water partition coefficient (Wildman–Crippen LogP) is 1.46. The second-order valence-corrected chi connectivity index (χ2v) is 6.69. The zero-order chi connectivity index (χ0) is 21.4. The van der Waals surface area contributed by atoms with Crippen LogP contribution < -0.4 is 11.1 Å². The molecule has 7 N–H and O–H groups in total. The highest BCUT2D eigenvalue weighted by Crippen LogP contribution is 2.23. The van der Waals surface area contributed by atoms with Gasteiger partial charge in [0.05, 0.1) is 6.61 Å². The molecule has 28 heavy (non-hydrogen) atoms. The van der Waals surface area contributed by atoms with Crippen LogP contribution in [-0.2, 0) is 9.59 Å². The van der Waals surface area contributed by atoms with Crippen molar-refractivity contribution in [2.75, 3.05) is 11.9 Å². The van der Waals surface area contributed by atoms with E-state index in [0.717, 1.165) is 0 Å². The number of aliphatic carboxylic acids is 2. The Kier molecular flexibility index (Phi) is 8.12. The zero-order valence-electron chi connectivity index (χ0n) is 15.7. The number of aliphatic hydroxyl groups excluding tert-OH is 2. The molecule has 0 aromatic heterocycles. The Bertz CT molecular complexity index is 752. The number of benzene rings is 2. The number of rotatable bonds is 7. The van der Waals surface area contributed by atoms with Gasteiger partial charge in [0.1, 0.15) is 11.6 Å². The first-order valence-electron chi connectivity index (χ1n) is 8.47. The van der Waals surface area contributed by atoms with Gasteiger partial charge >= 0.3 is 11.9 Å². The summed E-state index contributed by atoms with van der Waals surface area (Å²) >= 11 is 0. The number of aliphatic hydroxyl groups is 2. The van der Waals surface area contributed by atoms with E-state index in [1.807, 2.05) is 6.07 Å². The summed E-state index contributed by atoms with van der Waals surface area (Å²) in [7, 11) is 0. The topological polar surface area (TPSA) is 153 Å². The van der Waals surface area contributed by atoms with Gasteiger partial charge in [-0.1, -0.05) is 48.5 Å². The van der Waals surface area contributed by atoms with E-state index in [1.54, 1.807) is 54.6 Å². The van der Waals surface area contributed by atoms with Crippen molar-refractivity contribution >= 4 is 17.6 Å². The summed E-state index contributed by atoms with van der Waals surface area (Å²) in [4.78, 5) is 21.6. The van der Waals surface area contributed by atoms with Crippen molar-refractivity contribution in [3.8, 4) is 0 Å². The lowest BCUT2D eigenvalue weighted by Gasteiger charge is -2.25. The fourth-order valence-electron chi connectivity index (χ4n) is 2.10. The number of carboxylic acid groups (broad SMARTS) is 2. The molecule has 152 valence electrons. The van der Waals surface area contributed by atoms with E-state index in [4.69, 9.17) is 21.1 Å². The Balaban J connectivity index is 0.000000280. The van der Waals surface area contributed by atoms with Gasteiger partial charge < -0.3 is 31.5 Å². The van der Waals surface area contributed by atoms with Gasteiger partial charge in [-0.25, -0.2) is 4.79 Å². The molecule has 0 amide bonds. The first kappa shape index (κ1) is 23.1. The molecule has 0 aliphatic heterocycles. The van der Waals surface area contributed by atoms with Crippen molar-refractivity contribution in [3.05, 3.63) is 66.2 Å². The second-order valence-electron chi connectivity index (χ2n) is 6.69. The molecule has 0 saturated carbocycles. The van der Waals surface area contributed by atoms with Crippen molar-refractivity contribution < 1.29 is 30.0 Å². The number of hydrogen-bond donors (Lipinski definition) is 6. The number of para-hydroxylation sites is 1. The maximum atomic E-state index is 10.8. The number of anilines is 1. The van der Waals surface area contributed by atoms with E-state index in [2.05, 4.69) is 5.32 Å². The second kappa shape index (κ2) is 9.84. The predicted molar refractivity (Wildman–Crippen MR) is 105 cm³/mol. The standard InChI is InChI=1S/2C10H13NO3/c1-10(7-12,9(13)14)11-8-5-3-2-4-6-8;1-10(11,9(13)14)8(12)7-5-3-2-4-6-7/h2-6,11-12H,7H2,1H3,(H,13,14);2-6,8,12H,11H2,1H3,(H,13,14)/t10-;/m0./s1. The monoisotopic (exact) mass is 390 g/mol. The first-order chi connectivity index (χ1) is 13.0. The number of nitrogens with two attached hydrogens (primary N) is 1. The molecule has 0 saturated heterocycles. The Labute approximate surface area is 163 Å². The molecule has 0 fully saturated rings. The van der Waals surface area contributed by atoms with E-state index in [9.17, 15) is 14.7 Å². The summed E-state index contributed by atoms with van der Waals surface area (Å²) in [6.45, 7) is 2.26. The third-order valence-corrected chi connectivity index (χ3v) is 4.13. The average molecular weight is 390 g/mol. The van der Waals surface area contributed by atoms with Crippen molar-refractivity contribution in [2.24, 2.45) is 5.73 Å². The largest absolute Gasteiger partial charge is 0.480 e. The molecule has 2 aromatic carbocycles. The van der Waals surface area contributed by atoms with Crippen LogP contribution in [0, 0.1) is 0 Å². The SMILES string of the molecule is CC(N)(C(=O)O)C(O)c1ccccc1.C[C@@](CO)(Nc1ccccc1)C(=O)O. The van der Waals surface area contributed by atoms with Crippen LogP contribution in [0.15, 0.2) is 60.7 Å². The molecule has 2 unspecified atom stereocenters. The van der Waals surface area contributed by atoms with Gasteiger partial charge in [-0.05, 0) is 31.5 Å². The van der Waals surface area contributed by atoms with E-state index in [-0.39, 0.29) is 0 Å². The zero-order valence-corrected chi connectivity index (χ0v) is 15.7. The third kappa shape index (κ3) is 6.05. The van der Waals surface area contributed by atoms with Gasteiger partial charge in [-0.2, -0.15) is 0 Å². The van der Waals surface area contributed by atoms with Crippen LogP contribution in [0.1, 0.15) is 25.5 Å². The van der Waals surface area contributed by atoms with Crippen LogP contribution in [0.3, 0.4) is 0 Å². The van der Waals surface area contributed by atoms with Crippen LogP contribution in [0.5, 0.6) is 0 Å². The van der Waals surface area contributed by atoms with Crippen molar-refractivity contribution in [1.82, 2.24) is 0 Å². The van der Waals surface area contributed by atoms with Crippen LogP contribution in [-0.4, -0.2) is 50.0 Å². The first-order valence-corrected chi connectivity index (χ1v) is 8.47. The third-order valence-electron chi connectivity index (χ3n) is 4.13. The highest BCUT2D eigenvalue weighted by Gasteiger charge is 2.37. The molecule has 3 atom stereocenters. The molecule has 0 heterocycles. The van der Waals surface area contributed by atoms with Crippen LogP contribution in [0.2, 0.25) is 0 Å². The van der Waals surface area contributed by atoms with Gasteiger partial charge in [-0.15, -0.1) is 0 Å². The average Bonchev–Trinajstić information content (AvgIpc) is 2.69. The molecule has 0 aliphatic carbocycles. The molecule has 0 spiro atoms. The van der Waals surface area contributed by atoms with Gasteiger partial charge in [0.15, 0.2) is 5.54 Å². The Morgan fingerprint density at radius 1 is 0.964 bits per heavy atom. The van der Waals surface area contributed by atoms with E-state index < -0.39 is 35.7 Å². The minimum Gasteiger partial charge on any atom is -0.480 e. The van der Waals surface area contributed by atoms with Gasteiger partial charge in [0.25, 0.3) is 0 Å². The smallest absolute Gasteiger partial charge is 0.331 e. The number of hydrogen-bond acceptors (Lipinski definition) is 6. The number of carboxylic acids is 2. The Hall–Kier alpha value is -2.94. The highest BCUT2D eigenvalue weighted by atomic mass is 16.4. The normalized spacial score (nSPS) is 15.8. The van der Waals surface area contributed by atoms with E-state index >= 15 is 0 Å². The molecule has 8 nitrogen and oxygen atoms in total. The van der Waals surface area contributed by atoms with Gasteiger partial charge in [0.2, 0.25) is 0 Å². The van der Waals surface area contributed by atoms with Crippen LogP contribution in [0.4, 0.5) is 5.69 Å². The summed E-state index contributed by atoms with van der Waals surface area (Å²) in [5.74, 6) is -2.31. The van der Waals surface area contributed by atoms with E-state index in [1.165, 1.54) is 13.8 Å². The summed E-state index contributed by atoms with van der Waals surface area (Å²) in [5.41, 5.74) is 3.66. The lowest BCUT2D eigenvalue weighted by atomic mass is 9.91. The fraction of sp³-hybridized carbons (Fsp3) is 0.300. The Morgan fingerprint density at radius 2 is 1.43 bits per heavy atom. The fourth-order valence-corrected chi connectivity index (χ4v) is 2.10. The van der Waals surface area contributed by atoms with Crippen molar-refractivity contribution in [1.29, 1.82) is 0 Å². The quantitative estimate of drug-likeness (QED) is 0.415. The van der Waals surface area contributed by atoms with Crippen molar-refractivity contribution in [3.63, 3.8) is 0 Å². The van der Waals surface area contributed by atoms with Gasteiger partial charge in [0, 0.05) is 5.69 Å². The maximum absolute atomic E-state index is 10.8. The number of nitrogens with one attached hydrogen (secondary N) is 1. The maximum Gasteiger partial charge on any atom is 0.331 e. The van der Waals surface area contributed by atoms with Crippen molar-refractivity contribution in [2.45, 2.75) is 31.0 Å². The minimum absolute atomic E-state index is 0.461. The summed E-state index contributed by atoms with van der Waals surface area (Å²) in [5, 5.41) is 39.1. The molecular weight excluding hydrogens is 364 g/mol. The molecule has 2 aromatic rings. The molecule has 0 bridgehead atoms. The lowest BCUT2D eigenvalue weighted by Crippen LogP contribution is -2.50. The minimum atomic E-state index is -1.67.